The van der Waals surface area contributed by atoms with Gasteiger partial charge in [-0.1, -0.05) is 41.9 Å². The third-order valence-electron chi connectivity index (χ3n) is 3.88. The van der Waals surface area contributed by atoms with Crippen molar-refractivity contribution in [2.24, 2.45) is 10.1 Å². The van der Waals surface area contributed by atoms with E-state index in [1.165, 1.54) is 12.1 Å². The SMILES string of the molecule is Fc1ccc2c(c1)C(c1ccccc1)=NNC(c1ccc(Cl)cc1)=N2. The predicted octanol–water partition coefficient (Wildman–Crippen LogP) is 4.91. The van der Waals surface area contributed by atoms with Gasteiger partial charge in [-0.15, -0.1) is 0 Å². The van der Waals surface area contributed by atoms with E-state index in [0.717, 1.165) is 11.1 Å². The minimum Gasteiger partial charge on any atom is -0.260 e. The van der Waals surface area contributed by atoms with Crippen LogP contribution in [0.1, 0.15) is 16.7 Å². The van der Waals surface area contributed by atoms with Crippen molar-refractivity contribution in [1.82, 2.24) is 5.43 Å². The summed E-state index contributed by atoms with van der Waals surface area (Å²) < 4.78 is 13.8. The summed E-state index contributed by atoms with van der Waals surface area (Å²) in [6.45, 7) is 0. The quantitative estimate of drug-likeness (QED) is 0.701. The van der Waals surface area contributed by atoms with Crippen LogP contribution in [0.5, 0.6) is 0 Å². The fourth-order valence-corrected chi connectivity index (χ4v) is 2.79. The van der Waals surface area contributed by atoms with Gasteiger partial charge in [-0.3, -0.25) is 5.43 Å². The van der Waals surface area contributed by atoms with Crippen LogP contribution in [0.15, 0.2) is 82.9 Å². The zero-order valence-electron chi connectivity index (χ0n) is 13.1. The van der Waals surface area contributed by atoms with Crippen LogP contribution in [0.2, 0.25) is 5.02 Å². The molecule has 5 heteroatoms. The molecule has 0 radical (unpaired) electrons. The molecule has 1 aliphatic rings. The lowest BCUT2D eigenvalue weighted by atomic mass is 10.0. The van der Waals surface area contributed by atoms with Crippen molar-refractivity contribution in [2.75, 3.05) is 0 Å². The maximum Gasteiger partial charge on any atom is 0.154 e. The summed E-state index contributed by atoms with van der Waals surface area (Å²) >= 11 is 5.96. The van der Waals surface area contributed by atoms with E-state index in [1.54, 1.807) is 18.2 Å². The van der Waals surface area contributed by atoms with Crippen molar-refractivity contribution in [3.8, 4) is 0 Å². The average molecular weight is 350 g/mol. The molecule has 0 saturated carbocycles. The van der Waals surface area contributed by atoms with E-state index < -0.39 is 0 Å². The standard InChI is InChI=1S/C20H13ClFN3/c21-15-8-6-14(7-9-15)20-23-18-11-10-16(22)12-17(18)19(24-25-20)13-4-2-1-3-5-13/h1-12H,(H,23,25). The molecule has 25 heavy (non-hydrogen) atoms. The number of hydrogen-bond acceptors (Lipinski definition) is 3. The van der Waals surface area contributed by atoms with Crippen LogP contribution in [0.3, 0.4) is 0 Å². The molecule has 0 bridgehead atoms. The first-order valence-electron chi connectivity index (χ1n) is 7.74. The zero-order chi connectivity index (χ0) is 17.2. The molecule has 1 N–H and O–H groups in total. The molecule has 0 amide bonds. The van der Waals surface area contributed by atoms with Gasteiger partial charge >= 0.3 is 0 Å². The van der Waals surface area contributed by atoms with Crippen LogP contribution in [-0.2, 0) is 0 Å². The first-order chi connectivity index (χ1) is 12.2. The van der Waals surface area contributed by atoms with E-state index in [0.29, 0.717) is 27.8 Å². The Hall–Kier alpha value is -2.98. The molecule has 0 aromatic heterocycles. The van der Waals surface area contributed by atoms with Crippen LogP contribution in [-0.4, -0.2) is 11.5 Å². The first kappa shape index (κ1) is 15.5. The van der Waals surface area contributed by atoms with Crippen molar-refractivity contribution >= 4 is 28.8 Å². The molecular weight excluding hydrogens is 337 g/mol. The summed E-state index contributed by atoms with van der Waals surface area (Å²) in [6.07, 6.45) is 0. The molecule has 0 fully saturated rings. The smallest absolute Gasteiger partial charge is 0.154 e. The number of halogens is 2. The van der Waals surface area contributed by atoms with Gasteiger partial charge in [0, 0.05) is 21.7 Å². The van der Waals surface area contributed by atoms with E-state index in [-0.39, 0.29) is 5.82 Å². The summed E-state index contributed by atoms with van der Waals surface area (Å²) in [7, 11) is 0. The highest BCUT2D eigenvalue weighted by Crippen LogP contribution is 2.26. The molecule has 0 saturated heterocycles. The van der Waals surface area contributed by atoms with Crippen LogP contribution < -0.4 is 5.43 Å². The van der Waals surface area contributed by atoms with Gasteiger partial charge < -0.3 is 0 Å². The molecule has 1 aliphatic heterocycles. The van der Waals surface area contributed by atoms with Crippen LogP contribution in [0, 0.1) is 5.82 Å². The van der Waals surface area contributed by atoms with Gasteiger partial charge in [0.2, 0.25) is 0 Å². The minimum absolute atomic E-state index is 0.326. The van der Waals surface area contributed by atoms with E-state index in [1.807, 2.05) is 42.5 Å². The number of amidine groups is 1. The second-order valence-electron chi connectivity index (χ2n) is 5.57. The number of fused-ring (bicyclic) bond motifs is 1. The zero-order valence-corrected chi connectivity index (χ0v) is 13.8. The molecule has 1 heterocycles. The second-order valence-corrected chi connectivity index (χ2v) is 6.00. The van der Waals surface area contributed by atoms with Gasteiger partial charge in [-0.2, -0.15) is 5.10 Å². The van der Waals surface area contributed by atoms with Crippen LogP contribution in [0.25, 0.3) is 0 Å². The van der Waals surface area contributed by atoms with E-state index in [2.05, 4.69) is 15.5 Å². The normalized spacial score (nSPS) is 13.2. The molecule has 4 rings (SSSR count). The number of benzene rings is 3. The van der Waals surface area contributed by atoms with Gasteiger partial charge in [0.1, 0.15) is 11.5 Å². The van der Waals surface area contributed by atoms with E-state index in [9.17, 15) is 4.39 Å². The van der Waals surface area contributed by atoms with Crippen molar-refractivity contribution in [2.45, 2.75) is 0 Å². The Morgan fingerprint density at radius 2 is 1.60 bits per heavy atom. The Kier molecular flexibility index (Phi) is 4.04. The molecule has 122 valence electrons. The number of hydrogen-bond donors (Lipinski definition) is 1. The Morgan fingerprint density at radius 3 is 2.36 bits per heavy atom. The molecule has 0 atom stereocenters. The van der Waals surface area contributed by atoms with Gasteiger partial charge in [-0.05, 0) is 42.5 Å². The lowest BCUT2D eigenvalue weighted by Crippen LogP contribution is -2.19. The Labute approximate surface area is 149 Å². The molecule has 3 nitrogen and oxygen atoms in total. The average Bonchev–Trinajstić information content (AvgIpc) is 2.82. The fourth-order valence-electron chi connectivity index (χ4n) is 2.66. The van der Waals surface area contributed by atoms with Crippen molar-refractivity contribution in [3.63, 3.8) is 0 Å². The molecular formula is C20H13ClFN3. The molecule has 3 aromatic rings. The first-order valence-corrected chi connectivity index (χ1v) is 8.12. The second kappa shape index (κ2) is 6.49. The lowest BCUT2D eigenvalue weighted by molar-refractivity contribution is 0.627. The monoisotopic (exact) mass is 349 g/mol. The topological polar surface area (TPSA) is 36.8 Å². The third kappa shape index (κ3) is 3.16. The van der Waals surface area contributed by atoms with E-state index in [4.69, 9.17) is 11.6 Å². The van der Waals surface area contributed by atoms with Crippen LogP contribution in [0.4, 0.5) is 10.1 Å². The highest BCUT2D eigenvalue weighted by molar-refractivity contribution is 6.30. The lowest BCUT2D eigenvalue weighted by Gasteiger charge is -2.07. The highest BCUT2D eigenvalue weighted by Gasteiger charge is 2.17. The summed E-state index contributed by atoms with van der Waals surface area (Å²) in [5.41, 5.74) is 6.67. The Balaban J connectivity index is 1.87. The van der Waals surface area contributed by atoms with Crippen molar-refractivity contribution < 1.29 is 4.39 Å². The van der Waals surface area contributed by atoms with Gasteiger partial charge in [-0.25, -0.2) is 9.38 Å². The Morgan fingerprint density at radius 1 is 0.840 bits per heavy atom. The fraction of sp³-hybridized carbons (Fsp3) is 0. The largest absolute Gasteiger partial charge is 0.260 e. The molecule has 3 aromatic carbocycles. The molecule has 0 unspecified atom stereocenters. The third-order valence-corrected chi connectivity index (χ3v) is 4.14. The molecule has 0 spiro atoms. The number of nitrogens with zero attached hydrogens (tertiary/aromatic N) is 2. The van der Waals surface area contributed by atoms with Crippen molar-refractivity contribution in [3.05, 3.63) is 100 Å². The molecule has 0 aliphatic carbocycles. The van der Waals surface area contributed by atoms with Gasteiger partial charge in [0.25, 0.3) is 0 Å². The van der Waals surface area contributed by atoms with Crippen LogP contribution >= 0.6 is 11.6 Å². The van der Waals surface area contributed by atoms with Gasteiger partial charge in [0.15, 0.2) is 5.84 Å². The van der Waals surface area contributed by atoms with Gasteiger partial charge in [0.05, 0.1) is 5.69 Å². The number of rotatable bonds is 2. The summed E-state index contributed by atoms with van der Waals surface area (Å²) in [4.78, 5) is 4.64. The highest BCUT2D eigenvalue weighted by atomic mass is 35.5. The number of hydrazone groups is 1. The van der Waals surface area contributed by atoms with Crippen molar-refractivity contribution in [1.29, 1.82) is 0 Å². The summed E-state index contributed by atoms with van der Waals surface area (Å²) in [5.74, 6) is 0.253. The minimum atomic E-state index is -0.326. The maximum absolute atomic E-state index is 13.8. The number of nitrogens with one attached hydrogen (secondary N) is 1. The summed E-state index contributed by atoms with van der Waals surface area (Å²) in [5, 5.41) is 5.14. The summed E-state index contributed by atoms with van der Waals surface area (Å²) in [6, 6.07) is 21.4. The maximum atomic E-state index is 13.8. The number of aliphatic imine (C=N–C) groups is 1. The van der Waals surface area contributed by atoms with E-state index >= 15 is 0 Å². The Bertz CT molecular complexity index is 980. The predicted molar refractivity (Wildman–Crippen MR) is 99.3 cm³/mol.